The molecule has 1 N–H and O–H groups in total. The molecule has 64 valence electrons. The molecule has 0 spiro atoms. The van der Waals surface area contributed by atoms with E-state index >= 15 is 0 Å². The highest BCUT2D eigenvalue weighted by molar-refractivity contribution is 9.10. The summed E-state index contributed by atoms with van der Waals surface area (Å²) in [5.41, 5.74) is 0. The third-order valence-electron chi connectivity index (χ3n) is 0.965. The fraction of sp³-hybridized carbons (Fsp3) is 0.667. The van der Waals surface area contributed by atoms with Gasteiger partial charge < -0.3 is 9.84 Å². The number of aliphatic carboxylic acids is 1. The summed E-state index contributed by atoms with van der Waals surface area (Å²) >= 11 is 2.95. The van der Waals surface area contributed by atoms with E-state index in [2.05, 4.69) is 20.7 Å². The molecule has 0 aliphatic carbocycles. The quantitative estimate of drug-likeness (QED) is 0.569. The number of esters is 1. The first-order valence-electron chi connectivity index (χ1n) is 3.02. The Balaban J connectivity index is 3.85. The van der Waals surface area contributed by atoms with Gasteiger partial charge in [-0.25, -0.2) is 4.79 Å². The first kappa shape index (κ1) is 10.4. The lowest BCUT2D eigenvalue weighted by atomic mass is 10.4. The Morgan fingerprint density at radius 1 is 1.45 bits per heavy atom. The van der Waals surface area contributed by atoms with Gasteiger partial charge >= 0.3 is 11.9 Å². The first-order chi connectivity index (χ1) is 4.95. The molecule has 0 aromatic carbocycles. The second kappa shape index (κ2) is 4.33. The first-order valence-corrected chi connectivity index (χ1v) is 3.94. The normalized spacial score (nSPS) is 15.2. The summed E-state index contributed by atoms with van der Waals surface area (Å²) in [5, 5.41) is 8.32. The molecular formula is C6H9BrO4. The van der Waals surface area contributed by atoms with Crippen LogP contribution >= 0.6 is 15.9 Å². The molecule has 0 aromatic rings. The van der Waals surface area contributed by atoms with Crippen molar-refractivity contribution >= 4 is 27.9 Å². The number of carbonyl (C=O) groups excluding carboxylic acids is 1. The predicted octanol–water partition coefficient (Wildman–Crippen LogP) is 0.786. The number of carboxylic acid groups (broad SMARTS) is 1. The van der Waals surface area contributed by atoms with Gasteiger partial charge in [-0.2, -0.15) is 0 Å². The average molecular weight is 225 g/mol. The van der Waals surface area contributed by atoms with E-state index < -0.39 is 22.9 Å². The fourth-order valence-electron chi connectivity index (χ4n) is 0.318. The summed E-state index contributed by atoms with van der Waals surface area (Å²) in [5.74, 6) is -1.72. The summed E-state index contributed by atoms with van der Waals surface area (Å²) in [6, 6.07) is 0. The van der Waals surface area contributed by atoms with E-state index in [1.54, 1.807) is 6.92 Å². The molecule has 2 atom stereocenters. The molecule has 11 heavy (non-hydrogen) atoms. The van der Waals surface area contributed by atoms with Crippen LogP contribution in [0.1, 0.15) is 13.8 Å². The summed E-state index contributed by atoms with van der Waals surface area (Å²) in [6.45, 7) is 2.87. The van der Waals surface area contributed by atoms with E-state index in [-0.39, 0.29) is 0 Å². The molecule has 0 amide bonds. The van der Waals surface area contributed by atoms with Crippen LogP contribution in [0.2, 0.25) is 0 Å². The van der Waals surface area contributed by atoms with Crippen LogP contribution in [-0.2, 0) is 14.3 Å². The summed E-state index contributed by atoms with van der Waals surface area (Å²) < 4.78 is 4.49. The minimum absolute atomic E-state index is 0.468. The fourth-order valence-corrected chi connectivity index (χ4v) is 0.426. The van der Waals surface area contributed by atoms with Crippen molar-refractivity contribution in [2.45, 2.75) is 24.8 Å². The van der Waals surface area contributed by atoms with E-state index in [1.807, 2.05) is 0 Å². The Morgan fingerprint density at radius 2 is 1.91 bits per heavy atom. The minimum atomic E-state index is -1.15. The van der Waals surface area contributed by atoms with Gasteiger partial charge in [-0.3, -0.25) is 4.79 Å². The van der Waals surface area contributed by atoms with Crippen molar-refractivity contribution < 1.29 is 19.4 Å². The highest BCUT2D eigenvalue weighted by atomic mass is 79.9. The zero-order valence-corrected chi connectivity index (χ0v) is 7.79. The third kappa shape index (κ3) is 3.98. The van der Waals surface area contributed by atoms with Crippen molar-refractivity contribution in [3.8, 4) is 0 Å². The summed E-state index contributed by atoms with van der Waals surface area (Å²) in [6.07, 6.45) is -1.08. The van der Waals surface area contributed by atoms with E-state index in [1.165, 1.54) is 6.92 Å². The lowest BCUT2D eigenvalue weighted by molar-refractivity contribution is -0.161. The minimum Gasteiger partial charge on any atom is -0.479 e. The Morgan fingerprint density at radius 3 is 2.18 bits per heavy atom. The van der Waals surface area contributed by atoms with Crippen molar-refractivity contribution in [2.75, 3.05) is 0 Å². The lowest BCUT2D eigenvalue weighted by Crippen LogP contribution is -2.26. The Kier molecular flexibility index (Phi) is 4.10. The standard InChI is InChI=1S/C6H9BrO4/c1-3(7)6(10)11-4(2)5(8)9/h3-4H,1-2H3,(H,8,9). The van der Waals surface area contributed by atoms with Gasteiger partial charge in [0.25, 0.3) is 0 Å². The number of carboxylic acids is 1. The number of alkyl halides is 1. The van der Waals surface area contributed by atoms with Crippen molar-refractivity contribution in [1.29, 1.82) is 0 Å². The van der Waals surface area contributed by atoms with Gasteiger partial charge in [0.1, 0.15) is 4.83 Å². The monoisotopic (exact) mass is 224 g/mol. The molecule has 0 fully saturated rings. The number of rotatable bonds is 3. The molecule has 0 saturated heterocycles. The van der Waals surface area contributed by atoms with Gasteiger partial charge in [-0.05, 0) is 13.8 Å². The van der Waals surface area contributed by atoms with Gasteiger partial charge in [-0.15, -0.1) is 0 Å². The second-order valence-corrected chi connectivity index (χ2v) is 3.41. The van der Waals surface area contributed by atoms with Crippen LogP contribution in [0.4, 0.5) is 0 Å². The highest BCUT2D eigenvalue weighted by Crippen LogP contribution is 2.02. The van der Waals surface area contributed by atoms with Crippen molar-refractivity contribution in [3.63, 3.8) is 0 Å². The van der Waals surface area contributed by atoms with Crippen LogP contribution in [0.5, 0.6) is 0 Å². The molecule has 0 bridgehead atoms. The molecule has 2 unspecified atom stereocenters. The van der Waals surface area contributed by atoms with Crippen molar-refractivity contribution in [1.82, 2.24) is 0 Å². The predicted molar refractivity (Wildman–Crippen MR) is 41.6 cm³/mol. The van der Waals surface area contributed by atoms with Crippen LogP contribution in [0.25, 0.3) is 0 Å². The Hall–Kier alpha value is -0.580. The average Bonchev–Trinajstić information content (AvgIpc) is 1.87. The van der Waals surface area contributed by atoms with Crippen LogP contribution in [0, 0.1) is 0 Å². The molecule has 0 aliphatic rings. The van der Waals surface area contributed by atoms with Gasteiger partial charge in [0.2, 0.25) is 0 Å². The lowest BCUT2D eigenvalue weighted by Gasteiger charge is -2.09. The number of carbonyl (C=O) groups is 2. The second-order valence-electron chi connectivity index (χ2n) is 2.03. The third-order valence-corrected chi connectivity index (χ3v) is 1.34. The zero-order valence-electron chi connectivity index (χ0n) is 6.20. The maximum Gasteiger partial charge on any atom is 0.344 e. The van der Waals surface area contributed by atoms with Crippen LogP contribution < -0.4 is 0 Å². The molecule has 4 nitrogen and oxygen atoms in total. The molecule has 0 saturated carbocycles. The van der Waals surface area contributed by atoms with E-state index in [0.29, 0.717) is 0 Å². The van der Waals surface area contributed by atoms with Crippen LogP contribution in [0.15, 0.2) is 0 Å². The number of ether oxygens (including phenoxy) is 1. The molecule has 0 heterocycles. The smallest absolute Gasteiger partial charge is 0.344 e. The largest absolute Gasteiger partial charge is 0.479 e. The van der Waals surface area contributed by atoms with Gasteiger partial charge in [0.05, 0.1) is 0 Å². The van der Waals surface area contributed by atoms with Crippen LogP contribution in [-0.4, -0.2) is 28.0 Å². The topological polar surface area (TPSA) is 63.6 Å². The highest BCUT2D eigenvalue weighted by Gasteiger charge is 2.18. The Bertz CT molecular complexity index is 166. The van der Waals surface area contributed by atoms with Crippen molar-refractivity contribution in [2.24, 2.45) is 0 Å². The Labute approximate surface area is 72.7 Å². The SMILES string of the molecule is CC(Br)C(=O)OC(C)C(=O)O. The van der Waals surface area contributed by atoms with E-state index in [0.717, 1.165) is 0 Å². The van der Waals surface area contributed by atoms with Crippen molar-refractivity contribution in [3.05, 3.63) is 0 Å². The number of halogens is 1. The van der Waals surface area contributed by atoms with E-state index in [4.69, 9.17) is 5.11 Å². The summed E-state index contributed by atoms with van der Waals surface area (Å²) in [7, 11) is 0. The molecule has 0 rings (SSSR count). The molecule has 5 heteroatoms. The van der Waals surface area contributed by atoms with Gasteiger partial charge in [0, 0.05) is 0 Å². The van der Waals surface area contributed by atoms with E-state index in [9.17, 15) is 9.59 Å². The van der Waals surface area contributed by atoms with Crippen LogP contribution in [0.3, 0.4) is 0 Å². The summed E-state index contributed by atoms with van der Waals surface area (Å²) in [4.78, 5) is 20.4. The maximum absolute atomic E-state index is 10.7. The number of hydrogen-bond donors (Lipinski definition) is 1. The van der Waals surface area contributed by atoms with Gasteiger partial charge in [-0.1, -0.05) is 15.9 Å². The molecular weight excluding hydrogens is 216 g/mol. The number of hydrogen-bond acceptors (Lipinski definition) is 3. The maximum atomic E-state index is 10.7. The molecule has 0 aliphatic heterocycles. The van der Waals surface area contributed by atoms with Gasteiger partial charge in [0.15, 0.2) is 6.10 Å². The zero-order chi connectivity index (χ0) is 9.02. The molecule has 0 aromatic heterocycles. The molecule has 0 radical (unpaired) electrons.